The van der Waals surface area contributed by atoms with Crippen LogP contribution in [0.25, 0.3) is 0 Å². The van der Waals surface area contributed by atoms with E-state index < -0.39 is 0 Å². The number of piperidine rings is 1. The van der Waals surface area contributed by atoms with Gasteiger partial charge in [0.05, 0.1) is 5.56 Å². The van der Waals surface area contributed by atoms with E-state index in [4.69, 9.17) is 0 Å². The molecule has 1 aliphatic carbocycles. The molecule has 4 heteroatoms. The normalized spacial score (nSPS) is 26.2. The number of nitrogens with zero attached hydrogens (tertiary/aromatic N) is 1. The fourth-order valence-corrected chi connectivity index (χ4v) is 4.03. The molecule has 0 spiro atoms. The maximum atomic E-state index is 13.4. The van der Waals surface area contributed by atoms with Crippen molar-refractivity contribution in [1.82, 2.24) is 4.90 Å². The average molecular weight is 340 g/mol. The molecular weight excluding hydrogens is 321 g/mol. The van der Waals surface area contributed by atoms with Crippen LogP contribution >= 0.6 is 15.9 Å². The zero-order valence-electron chi connectivity index (χ0n) is 11.4. The van der Waals surface area contributed by atoms with Crippen LogP contribution in [0.2, 0.25) is 0 Å². The highest BCUT2D eigenvalue weighted by Gasteiger charge is 2.33. The lowest BCUT2D eigenvalue weighted by Crippen LogP contribution is -2.44. The van der Waals surface area contributed by atoms with Gasteiger partial charge in [-0.15, -0.1) is 0 Å². The second-order valence-corrected chi connectivity index (χ2v) is 6.82. The lowest BCUT2D eigenvalue weighted by molar-refractivity contribution is 0.0519. The van der Waals surface area contributed by atoms with E-state index >= 15 is 0 Å². The van der Waals surface area contributed by atoms with Crippen LogP contribution in [0.15, 0.2) is 22.7 Å². The van der Waals surface area contributed by atoms with E-state index in [0.29, 0.717) is 16.0 Å². The Kier molecular flexibility index (Phi) is 4.11. The third-order valence-electron chi connectivity index (χ3n) is 4.74. The predicted octanol–water partition coefficient (Wildman–Crippen LogP) is 4.24. The second kappa shape index (κ2) is 5.84. The lowest BCUT2D eigenvalue weighted by Gasteiger charge is -2.41. The van der Waals surface area contributed by atoms with Crippen molar-refractivity contribution in [3.8, 4) is 0 Å². The zero-order chi connectivity index (χ0) is 14.1. The van der Waals surface area contributed by atoms with Crippen molar-refractivity contribution in [3.63, 3.8) is 0 Å². The van der Waals surface area contributed by atoms with Crippen molar-refractivity contribution < 1.29 is 9.18 Å². The number of benzene rings is 1. The Hall–Kier alpha value is -0.900. The Balaban J connectivity index is 1.76. The minimum Gasteiger partial charge on any atom is -0.338 e. The maximum absolute atomic E-state index is 13.4. The molecule has 1 amide bonds. The van der Waals surface area contributed by atoms with Gasteiger partial charge in [0.25, 0.3) is 5.91 Å². The maximum Gasteiger partial charge on any atom is 0.255 e. The molecule has 0 bridgehead atoms. The molecule has 0 radical (unpaired) electrons. The third kappa shape index (κ3) is 2.76. The van der Waals surface area contributed by atoms with Crippen LogP contribution in [0.5, 0.6) is 0 Å². The minimum absolute atomic E-state index is 0.0413. The molecule has 0 aromatic heterocycles. The van der Waals surface area contributed by atoms with E-state index in [2.05, 4.69) is 15.9 Å². The molecule has 1 heterocycles. The predicted molar refractivity (Wildman–Crippen MR) is 80.1 cm³/mol. The smallest absolute Gasteiger partial charge is 0.255 e. The minimum atomic E-state index is -0.357. The summed E-state index contributed by atoms with van der Waals surface area (Å²) in [5.41, 5.74) is 0.444. The van der Waals surface area contributed by atoms with Crippen molar-refractivity contribution in [3.05, 3.63) is 34.1 Å². The summed E-state index contributed by atoms with van der Waals surface area (Å²) in [4.78, 5) is 14.5. The fourth-order valence-electron chi connectivity index (χ4n) is 3.62. The van der Waals surface area contributed by atoms with E-state index in [1.54, 1.807) is 6.07 Å². The monoisotopic (exact) mass is 339 g/mol. The SMILES string of the molecule is O=C(c1cc(F)ccc1Br)N1CC[C@@H]2CCCC[C@H]2C1. The van der Waals surface area contributed by atoms with Crippen LogP contribution in [0, 0.1) is 17.7 Å². The molecule has 2 atom stereocenters. The van der Waals surface area contributed by atoms with Gasteiger partial charge in [0.15, 0.2) is 0 Å². The van der Waals surface area contributed by atoms with Crippen LogP contribution in [0.3, 0.4) is 0 Å². The molecule has 1 aliphatic heterocycles. The highest BCUT2D eigenvalue weighted by molar-refractivity contribution is 9.10. The van der Waals surface area contributed by atoms with Crippen molar-refractivity contribution in [2.45, 2.75) is 32.1 Å². The van der Waals surface area contributed by atoms with Gasteiger partial charge in [-0.1, -0.05) is 19.3 Å². The van der Waals surface area contributed by atoms with Gasteiger partial charge in [-0.2, -0.15) is 0 Å². The third-order valence-corrected chi connectivity index (χ3v) is 5.43. The molecule has 2 aliphatic rings. The number of fused-ring (bicyclic) bond motifs is 1. The number of carbonyl (C=O) groups excluding carboxylic acids is 1. The van der Waals surface area contributed by atoms with Crippen LogP contribution in [0.4, 0.5) is 4.39 Å². The number of carbonyl (C=O) groups is 1. The van der Waals surface area contributed by atoms with Gasteiger partial charge >= 0.3 is 0 Å². The molecular formula is C16H19BrFNO. The summed E-state index contributed by atoms with van der Waals surface area (Å²) in [6, 6.07) is 4.31. The molecule has 20 heavy (non-hydrogen) atoms. The van der Waals surface area contributed by atoms with Gasteiger partial charge < -0.3 is 4.90 Å². The lowest BCUT2D eigenvalue weighted by atomic mass is 9.75. The van der Waals surface area contributed by atoms with Gasteiger partial charge in [-0.05, 0) is 58.8 Å². The van der Waals surface area contributed by atoms with Crippen molar-refractivity contribution in [2.75, 3.05) is 13.1 Å². The molecule has 0 N–H and O–H groups in total. The summed E-state index contributed by atoms with van der Waals surface area (Å²) < 4.78 is 14.0. The Morgan fingerprint density at radius 1 is 1.20 bits per heavy atom. The highest BCUT2D eigenvalue weighted by atomic mass is 79.9. The van der Waals surface area contributed by atoms with E-state index in [1.807, 2.05) is 4.90 Å². The number of amides is 1. The van der Waals surface area contributed by atoms with Gasteiger partial charge in [0.1, 0.15) is 5.82 Å². The number of hydrogen-bond donors (Lipinski definition) is 0. The summed E-state index contributed by atoms with van der Waals surface area (Å²) >= 11 is 3.35. The summed E-state index contributed by atoms with van der Waals surface area (Å²) in [6.07, 6.45) is 6.27. The summed E-state index contributed by atoms with van der Waals surface area (Å²) in [6.45, 7) is 1.65. The first-order valence-corrected chi connectivity index (χ1v) is 8.19. The van der Waals surface area contributed by atoms with Crippen LogP contribution in [-0.2, 0) is 0 Å². The first kappa shape index (κ1) is 14.1. The molecule has 0 unspecified atom stereocenters. The summed E-state index contributed by atoms with van der Waals surface area (Å²) in [5.74, 6) is 1.04. The highest BCUT2D eigenvalue weighted by Crippen LogP contribution is 2.36. The number of rotatable bonds is 1. The molecule has 1 saturated carbocycles. The average Bonchev–Trinajstić information content (AvgIpc) is 2.48. The fraction of sp³-hybridized carbons (Fsp3) is 0.562. The van der Waals surface area contributed by atoms with Crippen molar-refractivity contribution in [2.24, 2.45) is 11.8 Å². The number of halogens is 2. The number of hydrogen-bond acceptors (Lipinski definition) is 1. The Morgan fingerprint density at radius 2 is 1.95 bits per heavy atom. The molecule has 1 aromatic carbocycles. The van der Waals surface area contributed by atoms with E-state index in [-0.39, 0.29) is 11.7 Å². The standard InChI is InChI=1S/C16H19BrFNO/c17-15-6-5-13(18)9-14(15)16(20)19-8-7-11-3-1-2-4-12(11)10-19/h5-6,9,11-12H,1-4,7-8,10H2/t11-,12-/m0/s1. The molecule has 1 aromatic rings. The Bertz CT molecular complexity index is 519. The Labute approximate surface area is 127 Å². The molecule has 1 saturated heterocycles. The Morgan fingerprint density at radius 3 is 2.75 bits per heavy atom. The number of likely N-dealkylation sites (tertiary alicyclic amines) is 1. The van der Waals surface area contributed by atoms with E-state index in [0.717, 1.165) is 25.4 Å². The van der Waals surface area contributed by atoms with Gasteiger partial charge in [0, 0.05) is 17.6 Å². The van der Waals surface area contributed by atoms with Gasteiger partial charge in [-0.25, -0.2) is 4.39 Å². The van der Waals surface area contributed by atoms with E-state index in [9.17, 15) is 9.18 Å². The van der Waals surface area contributed by atoms with Gasteiger partial charge in [-0.3, -0.25) is 4.79 Å². The van der Waals surface area contributed by atoms with E-state index in [1.165, 1.54) is 37.8 Å². The van der Waals surface area contributed by atoms with Crippen molar-refractivity contribution in [1.29, 1.82) is 0 Å². The summed E-state index contributed by atoms with van der Waals surface area (Å²) in [7, 11) is 0. The first-order valence-electron chi connectivity index (χ1n) is 7.39. The summed E-state index contributed by atoms with van der Waals surface area (Å²) in [5, 5.41) is 0. The largest absolute Gasteiger partial charge is 0.338 e. The van der Waals surface area contributed by atoms with Crippen LogP contribution in [0.1, 0.15) is 42.5 Å². The molecule has 108 valence electrons. The van der Waals surface area contributed by atoms with Crippen LogP contribution in [-0.4, -0.2) is 23.9 Å². The van der Waals surface area contributed by atoms with Crippen LogP contribution < -0.4 is 0 Å². The quantitative estimate of drug-likeness (QED) is 0.749. The topological polar surface area (TPSA) is 20.3 Å². The second-order valence-electron chi connectivity index (χ2n) is 5.97. The van der Waals surface area contributed by atoms with Gasteiger partial charge in [0.2, 0.25) is 0 Å². The molecule has 3 rings (SSSR count). The molecule has 2 nitrogen and oxygen atoms in total. The first-order chi connectivity index (χ1) is 9.65. The van der Waals surface area contributed by atoms with Crippen molar-refractivity contribution >= 4 is 21.8 Å². The molecule has 2 fully saturated rings. The zero-order valence-corrected chi connectivity index (χ0v) is 13.0.